The lowest BCUT2D eigenvalue weighted by Crippen LogP contribution is -2.09. The summed E-state index contributed by atoms with van der Waals surface area (Å²) in [5, 5.41) is 0. The first kappa shape index (κ1) is 10.0. The van der Waals surface area contributed by atoms with E-state index in [0.29, 0.717) is 0 Å². The zero-order chi connectivity index (χ0) is 9.68. The number of rotatable bonds is 4. The summed E-state index contributed by atoms with van der Waals surface area (Å²) in [6.45, 7) is 2.20. The summed E-state index contributed by atoms with van der Waals surface area (Å²) in [5.74, 6) is 0. The molecule has 72 valence electrons. The highest BCUT2D eigenvalue weighted by Gasteiger charge is 1.97. The maximum Gasteiger partial charge on any atom is 0.0424 e. The van der Waals surface area contributed by atoms with E-state index < -0.39 is 0 Å². The predicted octanol–water partition coefficient (Wildman–Crippen LogP) is 2.49. The molecule has 0 atom stereocenters. The SMILES string of the molecule is CCCCc1cc(N(C)C)ccn1. The molecule has 13 heavy (non-hydrogen) atoms. The van der Waals surface area contributed by atoms with Crippen LogP contribution in [-0.4, -0.2) is 19.1 Å². The molecular weight excluding hydrogens is 160 g/mol. The minimum absolute atomic E-state index is 1.10. The normalized spacial score (nSPS) is 10.1. The molecule has 0 unspecified atom stereocenters. The van der Waals surface area contributed by atoms with Crippen molar-refractivity contribution in [1.82, 2.24) is 4.98 Å². The van der Waals surface area contributed by atoms with E-state index in [-0.39, 0.29) is 0 Å². The van der Waals surface area contributed by atoms with Crippen molar-refractivity contribution in [2.24, 2.45) is 0 Å². The van der Waals surface area contributed by atoms with Crippen LogP contribution in [-0.2, 0) is 6.42 Å². The van der Waals surface area contributed by atoms with Crippen molar-refractivity contribution in [3.05, 3.63) is 24.0 Å². The van der Waals surface area contributed by atoms with Gasteiger partial charge in [-0.2, -0.15) is 0 Å². The average molecular weight is 178 g/mol. The number of aryl methyl sites for hydroxylation is 1. The van der Waals surface area contributed by atoms with Gasteiger partial charge in [-0.15, -0.1) is 0 Å². The molecule has 0 fully saturated rings. The number of nitrogens with zero attached hydrogens (tertiary/aromatic N) is 2. The van der Waals surface area contributed by atoms with Gasteiger partial charge in [0.15, 0.2) is 0 Å². The number of pyridine rings is 1. The van der Waals surface area contributed by atoms with Gasteiger partial charge < -0.3 is 4.90 Å². The molecule has 0 radical (unpaired) electrons. The Morgan fingerprint density at radius 2 is 2.15 bits per heavy atom. The van der Waals surface area contributed by atoms with E-state index in [9.17, 15) is 0 Å². The molecule has 0 aliphatic rings. The van der Waals surface area contributed by atoms with E-state index >= 15 is 0 Å². The second kappa shape index (κ2) is 4.85. The summed E-state index contributed by atoms with van der Waals surface area (Å²) in [4.78, 5) is 6.44. The fraction of sp³-hybridized carbons (Fsp3) is 0.545. The summed E-state index contributed by atoms with van der Waals surface area (Å²) in [7, 11) is 4.11. The third-order valence-electron chi connectivity index (χ3n) is 2.10. The van der Waals surface area contributed by atoms with E-state index in [0.717, 1.165) is 6.42 Å². The first-order valence-electron chi connectivity index (χ1n) is 4.86. The standard InChI is InChI=1S/C11H18N2/c1-4-5-6-10-9-11(13(2)3)7-8-12-10/h7-9H,4-6H2,1-3H3. The average Bonchev–Trinajstić information content (AvgIpc) is 2.15. The molecule has 0 aromatic carbocycles. The highest BCUT2D eigenvalue weighted by molar-refractivity contribution is 5.44. The summed E-state index contributed by atoms with van der Waals surface area (Å²) in [5.41, 5.74) is 2.44. The third kappa shape index (κ3) is 3.05. The minimum atomic E-state index is 1.10. The maximum absolute atomic E-state index is 4.33. The van der Waals surface area contributed by atoms with Gasteiger partial charge >= 0.3 is 0 Å². The van der Waals surface area contributed by atoms with E-state index in [4.69, 9.17) is 0 Å². The van der Waals surface area contributed by atoms with Crippen LogP contribution in [0.15, 0.2) is 18.3 Å². The predicted molar refractivity (Wildman–Crippen MR) is 57.2 cm³/mol. The van der Waals surface area contributed by atoms with Crippen LogP contribution in [0, 0.1) is 0 Å². The zero-order valence-electron chi connectivity index (χ0n) is 8.75. The molecule has 2 heteroatoms. The van der Waals surface area contributed by atoms with Crippen LogP contribution < -0.4 is 4.90 Å². The molecular formula is C11H18N2. The Kier molecular flexibility index (Phi) is 3.74. The smallest absolute Gasteiger partial charge is 0.0424 e. The van der Waals surface area contributed by atoms with Crippen LogP contribution in [0.25, 0.3) is 0 Å². The molecule has 0 saturated heterocycles. The first-order valence-corrected chi connectivity index (χ1v) is 4.86. The van der Waals surface area contributed by atoms with E-state index in [1.54, 1.807) is 0 Å². The number of unbranched alkanes of at least 4 members (excludes halogenated alkanes) is 1. The minimum Gasteiger partial charge on any atom is -0.378 e. The first-order chi connectivity index (χ1) is 6.24. The van der Waals surface area contributed by atoms with E-state index in [2.05, 4.69) is 37.0 Å². The number of hydrogen-bond acceptors (Lipinski definition) is 2. The van der Waals surface area contributed by atoms with Gasteiger partial charge in [-0.25, -0.2) is 0 Å². The van der Waals surface area contributed by atoms with Crippen molar-refractivity contribution in [3.63, 3.8) is 0 Å². The van der Waals surface area contributed by atoms with Crippen LogP contribution in [0.4, 0.5) is 5.69 Å². The van der Waals surface area contributed by atoms with Crippen molar-refractivity contribution in [3.8, 4) is 0 Å². The Hall–Kier alpha value is -1.05. The van der Waals surface area contributed by atoms with Crippen LogP contribution in [0.5, 0.6) is 0 Å². The van der Waals surface area contributed by atoms with E-state index in [1.807, 2.05) is 12.3 Å². The lowest BCUT2D eigenvalue weighted by Gasteiger charge is -2.12. The lowest BCUT2D eigenvalue weighted by atomic mass is 10.2. The van der Waals surface area contributed by atoms with E-state index in [1.165, 1.54) is 24.2 Å². The Balaban J connectivity index is 2.68. The van der Waals surface area contributed by atoms with Crippen molar-refractivity contribution >= 4 is 5.69 Å². The monoisotopic (exact) mass is 178 g/mol. The third-order valence-corrected chi connectivity index (χ3v) is 2.10. The summed E-state index contributed by atoms with van der Waals surface area (Å²) < 4.78 is 0. The molecule has 0 N–H and O–H groups in total. The Morgan fingerprint density at radius 3 is 2.77 bits per heavy atom. The lowest BCUT2D eigenvalue weighted by molar-refractivity contribution is 0.776. The second-order valence-electron chi connectivity index (χ2n) is 3.50. The van der Waals surface area contributed by atoms with Crippen LogP contribution in [0.3, 0.4) is 0 Å². The molecule has 0 aliphatic heterocycles. The van der Waals surface area contributed by atoms with Gasteiger partial charge in [0.1, 0.15) is 0 Å². The molecule has 0 amide bonds. The molecule has 1 aromatic rings. The summed E-state index contributed by atoms with van der Waals surface area (Å²) in [6.07, 6.45) is 5.44. The second-order valence-corrected chi connectivity index (χ2v) is 3.50. The van der Waals surface area contributed by atoms with Gasteiger partial charge in [0.05, 0.1) is 0 Å². The molecule has 2 nitrogen and oxygen atoms in total. The van der Waals surface area contributed by atoms with Gasteiger partial charge in [0.25, 0.3) is 0 Å². The van der Waals surface area contributed by atoms with Crippen molar-refractivity contribution in [1.29, 1.82) is 0 Å². The largest absolute Gasteiger partial charge is 0.378 e. The van der Waals surface area contributed by atoms with Crippen LogP contribution in [0.2, 0.25) is 0 Å². The van der Waals surface area contributed by atoms with Gasteiger partial charge in [-0.05, 0) is 25.0 Å². The summed E-state index contributed by atoms with van der Waals surface area (Å²) in [6, 6.07) is 4.20. The molecule has 1 rings (SSSR count). The van der Waals surface area contributed by atoms with Gasteiger partial charge in [0, 0.05) is 31.7 Å². The number of anilines is 1. The topological polar surface area (TPSA) is 16.1 Å². The molecule has 0 saturated carbocycles. The van der Waals surface area contributed by atoms with Gasteiger partial charge in [0.2, 0.25) is 0 Å². The molecule has 0 spiro atoms. The fourth-order valence-corrected chi connectivity index (χ4v) is 1.24. The Bertz CT molecular complexity index is 256. The molecule has 1 heterocycles. The van der Waals surface area contributed by atoms with Gasteiger partial charge in [-0.3, -0.25) is 4.98 Å². The fourth-order valence-electron chi connectivity index (χ4n) is 1.24. The van der Waals surface area contributed by atoms with Crippen LogP contribution in [0.1, 0.15) is 25.5 Å². The quantitative estimate of drug-likeness (QED) is 0.704. The highest BCUT2D eigenvalue weighted by Crippen LogP contribution is 2.12. The number of aromatic nitrogens is 1. The van der Waals surface area contributed by atoms with Gasteiger partial charge in [-0.1, -0.05) is 13.3 Å². The van der Waals surface area contributed by atoms with Crippen LogP contribution >= 0.6 is 0 Å². The molecule has 0 bridgehead atoms. The van der Waals surface area contributed by atoms with Crippen molar-refractivity contribution < 1.29 is 0 Å². The number of hydrogen-bond donors (Lipinski definition) is 0. The Morgan fingerprint density at radius 1 is 1.38 bits per heavy atom. The van der Waals surface area contributed by atoms with Crippen molar-refractivity contribution in [2.45, 2.75) is 26.2 Å². The molecule has 0 aliphatic carbocycles. The highest BCUT2D eigenvalue weighted by atomic mass is 15.1. The Labute approximate surface area is 80.6 Å². The maximum atomic E-state index is 4.33. The van der Waals surface area contributed by atoms with Crippen molar-refractivity contribution in [2.75, 3.05) is 19.0 Å². The zero-order valence-corrected chi connectivity index (χ0v) is 8.75. The summed E-state index contributed by atoms with van der Waals surface area (Å²) >= 11 is 0. The molecule has 1 aromatic heterocycles.